The summed E-state index contributed by atoms with van der Waals surface area (Å²) >= 11 is 8.95. The van der Waals surface area contributed by atoms with Crippen LogP contribution >= 0.6 is 48.0 Å². The second-order valence-electron chi connectivity index (χ2n) is 17.5. The Kier molecular flexibility index (Phi) is 12.4. The van der Waals surface area contributed by atoms with Crippen molar-refractivity contribution in [1.82, 2.24) is 0 Å². The van der Waals surface area contributed by atoms with Gasteiger partial charge in [-0.25, -0.2) is 0 Å². The van der Waals surface area contributed by atoms with Gasteiger partial charge in [-0.1, -0.05) is 0 Å². The monoisotopic (exact) mass is 836 g/mol. The fourth-order valence-electron chi connectivity index (χ4n) is 8.13. The summed E-state index contributed by atoms with van der Waals surface area (Å²) in [6.07, 6.45) is 3.52. The van der Waals surface area contributed by atoms with Gasteiger partial charge in [0.25, 0.3) is 0 Å². The third-order valence-electron chi connectivity index (χ3n) is 10.7. The van der Waals surface area contributed by atoms with Crippen LogP contribution in [0.15, 0.2) is 99.4 Å². The molecular formula is C46H54Cl4Zr. The summed E-state index contributed by atoms with van der Waals surface area (Å²) in [7, 11) is 0. The molecule has 0 nitrogen and oxygen atoms in total. The van der Waals surface area contributed by atoms with Crippen LogP contribution in [0.5, 0.6) is 0 Å². The molecule has 51 heavy (non-hydrogen) atoms. The van der Waals surface area contributed by atoms with E-state index < -0.39 is 19.3 Å². The van der Waals surface area contributed by atoms with Crippen molar-refractivity contribution in [2.24, 2.45) is 11.3 Å². The maximum Gasteiger partial charge on any atom is -0.147 e. The molecule has 2 aliphatic carbocycles. The Balaban J connectivity index is 0.00000292. The standard InChI is InChI=1S/C21H25.C11H17.2C7H5Cl.2ClH.Zr/c1-20(2,3)16-9-7-14-11-15-8-10-17(21(4,5)6)13-19(15)18(14)12-16;1-8-6-9(2)10(7-8)11(3,4)5;2*1-6-2-4-7(8)5-3-6;;;/h7,9-10,12-13H,11H2,1-6H3;7-8H,1-5H3;2*1-5H;2*1H;. The maximum absolute atomic E-state index is 6.50. The van der Waals surface area contributed by atoms with Gasteiger partial charge in [0.2, 0.25) is 0 Å². The summed E-state index contributed by atoms with van der Waals surface area (Å²) in [5.41, 5.74) is 14.1. The van der Waals surface area contributed by atoms with E-state index in [9.17, 15) is 0 Å². The minimum Gasteiger partial charge on any atom is -0.147 e. The zero-order valence-corrected chi connectivity index (χ0v) is 37.7. The topological polar surface area (TPSA) is 0 Å². The Morgan fingerprint density at radius 1 is 0.627 bits per heavy atom. The van der Waals surface area contributed by atoms with Gasteiger partial charge in [0.1, 0.15) is 0 Å². The molecule has 6 rings (SSSR count). The number of allylic oxidation sites excluding steroid dienone is 4. The molecule has 2 aliphatic rings. The Morgan fingerprint density at radius 3 is 1.57 bits per heavy atom. The van der Waals surface area contributed by atoms with E-state index >= 15 is 0 Å². The van der Waals surface area contributed by atoms with Gasteiger partial charge in [-0.15, -0.1) is 24.8 Å². The molecule has 0 radical (unpaired) electrons. The Hall–Kier alpha value is -1.86. The summed E-state index contributed by atoms with van der Waals surface area (Å²) in [5, 5.41) is 1.53. The van der Waals surface area contributed by atoms with Gasteiger partial charge in [-0.3, -0.25) is 0 Å². The molecule has 1 atom stereocenters. The fourth-order valence-corrected chi connectivity index (χ4v) is 21.0. The van der Waals surface area contributed by atoms with Crippen LogP contribution in [0.1, 0.15) is 110 Å². The molecule has 0 heterocycles. The molecule has 0 amide bonds. The van der Waals surface area contributed by atoms with Crippen molar-refractivity contribution in [3.8, 4) is 11.1 Å². The minimum atomic E-state index is -4.04. The molecule has 0 spiro atoms. The van der Waals surface area contributed by atoms with Crippen molar-refractivity contribution in [2.75, 3.05) is 0 Å². The zero-order chi connectivity index (χ0) is 35.7. The molecule has 0 aliphatic heterocycles. The number of rotatable bonds is 4. The summed E-state index contributed by atoms with van der Waals surface area (Å²) in [6.45, 7) is 26.0. The maximum atomic E-state index is 6.50. The molecule has 0 N–H and O–H groups in total. The average Bonchev–Trinajstić information content (AvgIpc) is 3.54. The van der Waals surface area contributed by atoms with Gasteiger partial charge in [-0.05, 0) is 0 Å². The first-order chi connectivity index (χ1) is 22.8. The Labute approximate surface area is 333 Å². The normalized spacial score (nSPS) is 15.5. The van der Waals surface area contributed by atoms with Crippen LogP contribution in [0, 0.1) is 11.3 Å². The number of halogens is 4. The van der Waals surface area contributed by atoms with E-state index in [1.54, 1.807) is 6.55 Å². The van der Waals surface area contributed by atoms with E-state index in [4.69, 9.17) is 23.2 Å². The van der Waals surface area contributed by atoms with Crippen molar-refractivity contribution in [3.63, 3.8) is 0 Å². The summed E-state index contributed by atoms with van der Waals surface area (Å²) in [5.74, 6) is 0.322. The summed E-state index contributed by atoms with van der Waals surface area (Å²) < 4.78 is 8.66. The third-order valence-corrected chi connectivity index (χ3v) is 22.6. The van der Waals surface area contributed by atoms with Crippen LogP contribution in [0.3, 0.4) is 0 Å². The van der Waals surface area contributed by atoms with Gasteiger partial charge in [-0.2, -0.15) is 0 Å². The predicted octanol–water partition coefficient (Wildman–Crippen LogP) is 13.4. The first-order valence-electron chi connectivity index (χ1n) is 17.8. The largest absolute Gasteiger partial charge is 0.147 e. The summed E-state index contributed by atoms with van der Waals surface area (Å²) in [6, 6.07) is 29.5. The smallest absolute Gasteiger partial charge is 0.147 e. The third kappa shape index (κ3) is 8.30. The molecule has 4 aromatic carbocycles. The molecule has 4 aromatic rings. The van der Waals surface area contributed by atoms with Gasteiger partial charge in [0, 0.05) is 0 Å². The van der Waals surface area contributed by atoms with Crippen molar-refractivity contribution >= 4 is 58.7 Å². The van der Waals surface area contributed by atoms with Crippen LogP contribution in [0.2, 0.25) is 10.0 Å². The van der Waals surface area contributed by atoms with Crippen LogP contribution in [0.25, 0.3) is 11.1 Å². The van der Waals surface area contributed by atoms with E-state index in [-0.39, 0.29) is 41.1 Å². The van der Waals surface area contributed by atoms with Crippen molar-refractivity contribution < 1.29 is 19.3 Å². The van der Waals surface area contributed by atoms with Crippen molar-refractivity contribution in [1.29, 1.82) is 0 Å². The SMILES string of the molecule is CC1=[C]([Zr](=[CH]c2ccc(Cl)cc2)(=[CH]c2ccc(Cl)cc2)[c]2cc(C(C)(C)C)cc3c2Cc2ccc(C(C)(C)C)cc2-3)C(C)C=C1C(C)(C)C.Cl.Cl. The molecular weight excluding hydrogens is 786 g/mol. The molecule has 1 unspecified atom stereocenters. The molecule has 270 valence electrons. The van der Waals surface area contributed by atoms with Crippen LogP contribution < -0.4 is 3.27 Å². The van der Waals surface area contributed by atoms with Gasteiger partial charge >= 0.3 is 312 Å². The van der Waals surface area contributed by atoms with Crippen LogP contribution in [0.4, 0.5) is 0 Å². The second-order valence-corrected chi connectivity index (χ2v) is 26.7. The van der Waals surface area contributed by atoms with Gasteiger partial charge in [0.05, 0.1) is 0 Å². The van der Waals surface area contributed by atoms with E-state index in [0.29, 0.717) is 5.92 Å². The van der Waals surface area contributed by atoms with Gasteiger partial charge < -0.3 is 0 Å². The predicted molar refractivity (Wildman–Crippen MR) is 229 cm³/mol. The van der Waals surface area contributed by atoms with E-state index in [1.165, 1.54) is 55.7 Å². The fraction of sp³-hybridized carbons (Fsp3) is 0.348. The molecule has 0 saturated carbocycles. The van der Waals surface area contributed by atoms with E-state index in [0.717, 1.165) is 16.5 Å². The molecule has 0 fully saturated rings. The average molecular weight is 840 g/mol. The van der Waals surface area contributed by atoms with Crippen LogP contribution in [-0.4, -0.2) is 7.42 Å². The Morgan fingerprint density at radius 2 is 1.12 bits per heavy atom. The van der Waals surface area contributed by atoms with E-state index in [2.05, 4.69) is 144 Å². The Bertz CT molecular complexity index is 2080. The molecule has 0 saturated heterocycles. The van der Waals surface area contributed by atoms with Crippen LogP contribution in [-0.2, 0) is 36.5 Å². The zero-order valence-electron chi connectivity index (χ0n) is 32.1. The first-order valence-corrected chi connectivity index (χ1v) is 23.8. The summed E-state index contributed by atoms with van der Waals surface area (Å²) in [4.78, 5) is 0. The number of hydrogen-bond donors (Lipinski definition) is 0. The molecule has 5 heteroatoms. The van der Waals surface area contributed by atoms with E-state index in [1.807, 2.05) is 24.3 Å². The molecule has 0 aromatic heterocycles. The second kappa shape index (κ2) is 15.1. The van der Waals surface area contributed by atoms with Crippen molar-refractivity contribution in [2.45, 2.75) is 93.4 Å². The number of hydrogen-bond acceptors (Lipinski definition) is 0. The molecule has 0 bridgehead atoms. The van der Waals surface area contributed by atoms with Gasteiger partial charge in [0.15, 0.2) is 0 Å². The number of fused-ring (bicyclic) bond motifs is 3. The number of benzene rings is 4. The quantitative estimate of drug-likeness (QED) is 0.169. The van der Waals surface area contributed by atoms with Crippen molar-refractivity contribution in [3.05, 3.63) is 143 Å². The minimum absolute atomic E-state index is 0. The first kappa shape index (κ1) is 41.9.